The van der Waals surface area contributed by atoms with Crippen LogP contribution in [0.15, 0.2) is 18.5 Å². The van der Waals surface area contributed by atoms with Crippen molar-refractivity contribution in [1.29, 1.82) is 0 Å². The summed E-state index contributed by atoms with van der Waals surface area (Å²) in [7, 11) is 0. The first-order valence-electron chi connectivity index (χ1n) is 5.57. The molecule has 0 aliphatic rings. The minimum absolute atomic E-state index is 0.0134. The number of hydrogen-bond donors (Lipinski definition) is 2. The Balaban J connectivity index is 2.29. The molecule has 1 heterocycles. The van der Waals surface area contributed by atoms with Crippen LogP contribution >= 0.6 is 11.8 Å². The van der Waals surface area contributed by atoms with Gasteiger partial charge in [0.05, 0.1) is 6.61 Å². The number of carbonyl (C=O) groups excluding carboxylic acids is 1. The molecule has 0 saturated heterocycles. The van der Waals surface area contributed by atoms with Crippen molar-refractivity contribution in [3.05, 3.63) is 18.5 Å². The summed E-state index contributed by atoms with van der Waals surface area (Å²) in [6.45, 7) is 2.56. The zero-order valence-electron chi connectivity index (χ0n) is 10.2. The maximum atomic E-state index is 11.6. The van der Waals surface area contributed by atoms with Gasteiger partial charge in [-0.25, -0.2) is 0 Å². The summed E-state index contributed by atoms with van der Waals surface area (Å²) in [5.74, 6) is -0.0134. The van der Waals surface area contributed by atoms with E-state index in [1.54, 1.807) is 22.6 Å². The van der Waals surface area contributed by atoms with Crippen molar-refractivity contribution in [2.24, 2.45) is 0 Å². The zero-order chi connectivity index (χ0) is 12.7. The molecule has 0 aliphatic carbocycles. The van der Waals surface area contributed by atoms with E-state index in [4.69, 9.17) is 5.11 Å². The number of hydrogen-bond acceptors (Lipinski definition) is 4. The van der Waals surface area contributed by atoms with Crippen LogP contribution in [-0.4, -0.2) is 44.9 Å². The SMILES string of the molecule is CSC(CO)C(C)NC(=O)CCn1cccn1. The molecule has 0 aliphatic heterocycles. The molecular formula is C11H19N3O2S. The van der Waals surface area contributed by atoms with Gasteiger partial charge in [-0.3, -0.25) is 9.48 Å². The number of thioether (sulfide) groups is 1. The van der Waals surface area contributed by atoms with Crippen molar-refractivity contribution in [1.82, 2.24) is 15.1 Å². The Morgan fingerprint density at radius 2 is 2.41 bits per heavy atom. The summed E-state index contributed by atoms with van der Waals surface area (Å²) >= 11 is 1.55. The highest BCUT2D eigenvalue weighted by molar-refractivity contribution is 7.99. The van der Waals surface area contributed by atoms with E-state index < -0.39 is 0 Å². The number of carbonyl (C=O) groups is 1. The molecule has 1 amide bonds. The van der Waals surface area contributed by atoms with Gasteiger partial charge in [0.25, 0.3) is 0 Å². The molecule has 1 aromatic heterocycles. The lowest BCUT2D eigenvalue weighted by molar-refractivity contribution is -0.122. The monoisotopic (exact) mass is 257 g/mol. The second-order valence-corrected chi connectivity index (χ2v) is 4.91. The lowest BCUT2D eigenvalue weighted by Crippen LogP contribution is -2.41. The van der Waals surface area contributed by atoms with Crippen molar-refractivity contribution < 1.29 is 9.90 Å². The van der Waals surface area contributed by atoms with Crippen molar-refractivity contribution in [2.45, 2.75) is 31.2 Å². The van der Waals surface area contributed by atoms with E-state index in [1.807, 2.05) is 25.4 Å². The van der Waals surface area contributed by atoms with Gasteiger partial charge in [-0.2, -0.15) is 16.9 Å². The molecule has 2 atom stereocenters. The fraction of sp³-hybridized carbons (Fsp3) is 0.636. The van der Waals surface area contributed by atoms with Gasteiger partial charge in [0.15, 0.2) is 0 Å². The number of nitrogens with one attached hydrogen (secondary N) is 1. The van der Waals surface area contributed by atoms with Crippen LogP contribution in [-0.2, 0) is 11.3 Å². The molecule has 5 nitrogen and oxygen atoms in total. The van der Waals surface area contributed by atoms with Gasteiger partial charge in [0.1, 0.15) is 0 Å². The molecular weight excluding hydrogens is 238 g/mol. The minimum atomic E-state index is -0.0277. The quantitative estimate of drug-likeness (QED) is 0.746. The first kappa shape index (κ1) is 14.1. The summed E-state index contributed by atoms with van der Waals surface area (Å²) in [6, 6.07) is 1.80. The van der Waals surface area contributed by atoms with E-state index in [2.05, 4.69) is 10.4 Å². The molecule has 0 fully saturated rings. The summed E-state index contributed by atoms with van der Waals surface area (Å²) < 4.78 is 1.72. The summed E-state index contributed by atoms with van der Waals surface area (Å²) in [5.41, 5.74) is 0. The molecule has 2 N–H and O–H groups in total. The number of amides is 1. The summed E-state index contributed by atoms with van der Waals surface area (Å²) in [4.78, 5) is 11.6. The van der Waals surface area contributed by atoms with E-state index in [0.29, 0.717) is 13.0 Å². The third kappa shape index (κ3) is 4.79. The number of aromatic nitrogens is 2. The van der Waals surface area contributed by atoms with Crippen LogP contribution in [0.25, 0.3) is 0 Å². The van der Waals surface area contributed by atoms with E-state index in [-0.39, 0.29) is 23.8 Å². The first-order valence-corrected chi connectivity index (χ1v) is 6.86. The largest absolute Gasteiger partial charge is 0.395 e. The highest BCUT2D eigenvalue weighted by Crippen LogP contribution is 2.10. The standard InChI is InChI=1S/C11H19N3O2S/c1-9(10(8-15)17-2)13-11(16)4-7-14-6-3-5-12-14/h3,5-6,9-10,15H,4,7-8H2,1-2H3,(H,13,16). The third-order valence-corrected chi connectivity index (χ3v) is 3.72. The molecule has 17 heavy (non-hydrogen) atoms. The third-order valence-electron chi connectivity index (χ3n) is 2.56. The van der Waals surface area contributed by atoms with E-state index in [0.717, 1.165) is 0 Å². The number of aliphatic hydroxyl groups excluding tert-OH is 1. The average Bonchev–Trinajstić information content (AvgIpc) is 2.81. The predicted molar refractivity (Wildman–Crippen MR) is 68.8 cm³/mol. The highest BCUT2D eigenvalue weighted by Gasteiger charge is 2.16. The van der Waals surface area contributed by atoms with E-state index >= 15 is 0 Å². The van der Waals surface area contributed by atoms with E-state index in [1.165, 1.54) is 0 Å². The van der Waals surface area contributed by atoms with Gasteiger partial charge in [-0.05, 0) is 19.2 Å². The lowest BCUT2D eigenvalue weighted by atomic mass is 10.2. The highest BCUT2D eigenvalue weighted by atomic mass is 32.2. The fourth-order valence-electron chi connectivity index (χ4n) is 1.50. The molecule has 2 unspecified atom stereocenters. The van der Waals surface area contributed by atoms with Crippen LogP contribution in [0.4, 0.5) is 0 Å². The van der Waals surface area contributed by atoms with Crippen LogP contribution in [0.5, 0.6) is 0 Å². The van der Waals surface area contributed by atoms with Gasteiger partial charge in [-0.1, -0.05) is 0 Å². The predicted octanol–water partition coefficient (Wildman–Crippen LogP) is 0.502. The van der Waals surface area contributed by atoms with Gasteiger partial charge in [0.2, 0.25) is 5.91 Å². The maximum Gasteiger partial charge on any atom is 0.222 e. The normalized spacial score (nSPS) is 14.3. The van der Waals surface area contributed by atoms with Crippen LogP contribution < -0.4 is 5.32 Å². The Bertz CT molecular complexity index is 325. The van der Waals surface area contributed by atoms with Crippen LogP contribution in [0.3, 0.4) is 0 Å². The molecule has 1 aromatic rings. The molecule has 1 rings (SSSR count). The topological polar surface area (TPSA) is 67.2 Å². The Labute approximate surface area is 106 Å². The fourth-order valence-corrected chi connectivity index (χ4v) is 2.13. The molecule has 96 valence electrons. The maximum absolute atomic E-state index is 11.6. The van der Waals surface area contributed by atoms with Crippen molar-refractivity contribution >= 4 is 17.7 Å². The van der Waals surface area contributed by atoms with Crippen molar-refractivity contribution in [2.75, 3.05) is 12.9 Å². The molecule has 0 spiro atoms. The second-order valence-electron chi connectivity index (χ2n) is 3.83. The van der Waals surface area contributed by atoms with E-state index in [9.17, 15) is 4.79 Å². The van der Waals surface area contributed by atoms with Gasteiger partial charge in [-0.15, -0.1) is 0 Å². The summed E-state index contributed by atoms with van der Waals surface area (Å²) in [6.07, 6.45) is 5.84. The van der Waals surface area contributed by atoms with Gasteiger partial charge >= 0.3 is 0 Å². The van der Waals surface area contributed by atoms with Crippen LogP contribution in [0, 0.1) is 0 Å². The van der Waals surface area contributed by atoms with Crippen molar-refractivity contribution in [3.8, 4) is 0 Å². The molecule has 0 aromatic carbocycles. The Morgan fingerprint density at radius 3 is 2.94 bits per heavy atom. The second kappa shape index (κ2) is 7.34. The number of rotatable bonds is 7. The molecule has 0 radical (unpaired) electrons. The van der Waals surface area contributed by atoms with Crippen LogP contribution in [0.1, 0.15) is 13.3 Å². The number of aryl methyl sites for hydroxylation is 1. The lowest BCUT2D eigenvalue weighted by Gasteiger charge is -2.21. The number of nitrogens with zero attached hydrogens (tertiary/aromatic N) is 2. The first-order chi connectivity index (χ1) is 8.17. The Kier molecular flexibility index (Phi) is 6.07. The number of aliphatic hydroxyl groups is 1. The molecule has 0 bridgehead atoms. The Hall–Kier alpha value is -1.01. The Morgan fingerprint density at radius 1 is 1.65 bits per heavy atom. The smallest absolute Gasteiger partial charge is 0.222 e. The molecule has 6 heteroatoms. The van der Waals surface area contributed by atoms with Gasteiger partial charge in [0, 0.05) is 36.7 Å². The van der Waals surface area contributed by atoms with Crippen LogP contribution in [0.2, 0.25) is 0 Å². The van der Waals surface area contributed by atoms with Gasteiger partial charge < -0.3 is 10.4 Å². The van der Waals surface area contributed by atoms with Crippen molar-refractivity contribution in [3.63, 3.8) is 0 Å². The summed E-state index contributed by atoms with van der Waals surface area (Å²) in [5, 5.41) is 16.1. The average molecular weight is 257 g/mol. The zero-order valence-corrected chi connectivity index (χ0v) is 11.0. The molecule has 0 saturated carbocycles. The minimum Gasteiger partial charge on any atom is -0.395 e.